The normalized spacial score (nSPS) is 11.8. The van der Waals surface area contributed by atoms with E-state index in [1.54, 1.807) is 18.2 Å². The van der Waals surface area contributed by atoms with Crippen molar-refractivity contribution >= 4 is 35.3 Å². The highest BCUT2D eigenvalue weighted by Crippen LogP contribution is 2.21. The van der Waals surface area contributed by atoms with Crippen LogP contribution in [-0.4, -0.2) is 44.3 Å². The highest BCUT2D eigenvalue weighted by molar-refractivity contribution is 6.42. The van der Waals surface area contributed by atoms with E-state index in [2.05, 4.69) is 10.5 Å². The second-order valence-electron chi connectivity index (χ2n) is 4.92. The Morgan fingerprint density at radius 1 is 1.33 bits per heavy atom. The summed E-state index contributed by atoms with van der Waals surface area (Å²) in [5, 5.41) is 4.81. The second-order valence-corrected chi connectivity index (χ2v) is 5.73. The molecule has 0 aliphatic heterocycles. The molecule has 0 saturated carbocycles. The molecule has 1 N–H and O–H groups in total. The molecule has 0 saturated heterocycles. The molecule has 0 atom stereocenters. The molecule has 0 aliphatic carbocycles. The quantitative estimate of drug-likeness (QED) is 0.515. The minimum Gasteiger partial charge on any atom is -0.323 e. The minimum absolute atomic E-state index is 0.140. The largest absolute Gasteiger partial charge is 0.323 e. The van der Waals surface area contributed by atoms with Crippen LogP contribution in [0.1, 0.15) is 5.56 Å². The first-order valence-corrected chi connectivity index (χ1v) is 6.11. The summed E-state index contributed by atoms with van der Waals surface area (Å²) >= 11 is 11.6. The van der Waals surface area contributed by atoms with Crippen LogP contribution in [0.4, 0.5) is 0 Å². The number of nitrogens with one attached hydrogen (secondary N) is 1. The van der Waals surface area contributed by atoms with E-state index in [9.17, 15) is 4.79 Å². The fourth-order valence-corrected chi connectivity index (χ4v) is 1.54. The van der Waals surface area contributed by atoms with Crippen LogP contribution in [0.25, 0.3) is 0 Å². The summed E-state index contributed by atoms with van der Waals surface area (Å²) < 4.78 is 0.550. The van der Waals surface area contributed by atoms with E-state index >= 15 is 0 Å². The summed E-state index contributed by atoms with van der Waals surface area (Å²) in [5.74, 6) is -0.140. The molecule has 1 amide bonds. The lowest BCUT2D eigenvalue weighted by Gasteiger charge is -2.21. The zero-order valence-electron chi connectivity index (χ0n) is 10.6. The van der Waals surface area contributed by atoms with Gasteiger partial charge in [0.2, 0.25) is 0 Å². The summed E-state index contributed by atoms with van der Waals surface area (Å²) in [6.45, 7) is 0.360. The average Bonchev–Trinajstić information content (AvgIpc) is 2.20. The number of halogens is 2. The number of likely N-dealkylation sites (N-methyl/N-ethyl adjacent to an activating group) is 1. The molecule has 98 valence electrons. The van der Waals surface area contributed by atoms with Gasteiger partial charge in [-0.3, -0.25) is 4.79 Å². The molecular formula is C12H16Cl2N3O+. The number of rotatable bonds is 4. The molecule has 4 nitrogen and oxygen atoms in total. The molecule has 18 heavy (non-hydrogen) atoms. The molecule has 0 aliphatic rings. The fraction of sp³-hybridized carbons (Fsp3) is 0.333. The van der Waals surface area contributed by atoms with Gasteiger partial charge in [-0.25, -0.2) is 5.43 Å². The first kappa shape index (κ1) is 15.0. The number of amides is 1. The second kappa shape index (κ2) is 6.18. The van der Waals surface area contributed by atoms with Crippen LogP contribution < -0.4 is 5.43 Å². The number of benzene rings is 1. The monoisotopic (exact) mass is 288 g/mol. The minimum atomic E-state index is -0.140. The van der Waals surface area contributed by atoms with Crippen molar-refractivity contribution in [2.75, 3.05) is 27.7 Å². The number of quaternary nitrogens is 1. The van der Waals surface area contributed by atoms with Gasteiger partial charge in [-0.1, -0.05) is 29.3 Å². The van der Waals surface area contributed by atoms with E-state index in [4.69, 9.17) is 23.2 Å². The standard InChI is InChI=1S/C12H15Cl2N3O/c1-17(2,3)8-12(18)16-15-7-9-4-5-10(13)11(14)6-9/h4-7H,8H2,1-3H3/p+1/b15-7-. The first-order chi connectivity index (χ1) is 8.28. The molecule has 0 bridgehead atoms. The number of nitrogens with zero attached hydrogens (tertiary/aromatic N) is 2. The van der Waals surface area contributed by atoms with Gasteiger partial charge in [-0.2, -0.15) is 5.10 Å². The van der Waals surface area contributed by atoms with Gasteiger partial charge >= 0.3 is 0 Å². The molecule has 0 aromatic heterocycles. The van der Waals surface area contributed by atoms with Gasteiger partial charge in [0, 0.05) is 0 Å². The van der Waals surface area contributed by atoms with Crippen molar-refractivity contribution in [1.29, 1.82) is 0 Å². The van der Waals surface area contributed by atoms with Crippen LogP contribution in [0.15, 0.2) is 23.3 Å². The van der Waals surface area contributed by atoms with E-state index in [0.29, 0.717) is 21.1 Å². The van der Waals surface area contributed by atoms with Gasteiger partial charge < -0.3 is 4.48 Å². The Bertz CT molecular complexity index is 467. The Labute approximate surface area is 117 Å². The molecule has 1 aromatic carbocycles. The number of carbonyl (C=O) groups is 1. The Morgan fingerprint density at radius 2 is 2.00 bits per heavy atom. The molecule has 0 radical (unpaired) electrons. The van der Waals surface area contributed by atoms with Gasteiger partial charge in [0.15, 0.2) is 6.54 Å². The van der Waals surface area contributed by atoms with Crippen LogP contribution in [-0.2, 0) is 4.79 Å². The van der Waals surface area contributed by atoms with Gasteiger partial charge in [-0.05, 0) is 17.7 Å². The van der Waals surface area contributed by atoms with Crippen LogP contribution in [0.2, 0.25) is 10.0 Å². The van der Waals surface area contributed by atoms with Crippen molar-refractivity contribution in [2.24, 2.45) is 5.10 Å². The van der Waals surface area contributed by atoms with E-state index in [-0.39, 0.29) is 5.91 Å². The maximum Gasteiger partial charge on any atom is 0.295 e. The predicted octanol–water partition coefficient (Wildman–Crippen LogP) is 2.15. The summed E-state index contributed by atoms with van der Waals surface area (Å²) in [6, 6.07) is 5.13. The summed E-state index contributed by atoms with van der Waals surface area (Å²) in [6.07, 6.45) is 1.52. The molecular weight excluding hydrogens is 273 g/mol. The predicted molar refractivity (Wildman–Crippen MR) is 75.1 cm³/mol. The lowest BCUT2D eigenvalue weighted by Crippen LogP contribution is -2.43. The zero-order chi connectivity index (χ0) is 13.8. The highest BCUT2D eigenvalue weighted by atomic mass is 35.5. The van der Waals surface area contributed by atoms with Crippen molar-refractivity contribution in [3.05, 3.63) is 33.8 Å². The fourth-order valence-electron chi connectivity index (χ4n) is 1.24. The highest BCUT2D eigenvalue weighted by Gasteiger charge is 2.12. The Hall–Kier alpha value is -1.10. The van der Waals surface area contributed by atoms with Gasteiger partial charge in [-0.15, -0.1) is 0 Å². The maximum atomic E-state index is 11.5. The van der Waals surface area contributed by atoms with Crippen LogP contribution >= 0.6 is 23.2 Å². The van der Waals surface area contributed by atoms with Crippen molar-refractivity contribution in [3.63, 3.8) is 0 Å². The van der Waals surface area contributed by atoms with E-state index in [1.807, 2.05) is 21.1 Å². The third-order valence-corrected chi connectivity index (χ3v) is 2.70. The molecule has 1 aromatic rings. The number of hydrogen-bond acceptors (Lipinski definition) is 2. The Balaban J connectivity index is 2.55. The third-order valence-electron chi connectivity index (χ3n) is 1.96. The lowest BCUT2D eigenvalue weighted by molar-refractivity contribution is -0.862. The average molecular weight is 289 g/mol. The molecule has 0 fully saturated rings. The Morgan fingerprint density at radius 3 is 2.56 bits per heavy atom. The summed E-state index contributed by atoms with van der Waals surface area (Å²) in [5.41, 5.74) is 3.23. The maximum absolute atomic E-state index is 11.5. The summed E-state index contributed by atoms with van der Waals surface area (Å²) in [7, 11) is 5.80. The number of hydrazone groups is 1. The van der Waals surface area contributed by atoms with E-state index < -0.39 is 0 Å². The lowest BCUT2D eigenvalue weighted by atomic mass is 10.2. The van der Waals surface area contributed by atoms with Crippen LogP contribution in [0.5, 0.6) is 0 Å². The summed E-state index contributed by atoms with van der Waals surface area (Å²) in [4.78, 5) is 11.5. The smallest absolute Gasteiger partial charge is 0.295 e. The number of carbonyl (C=O) groups excluding carboxylic acids is 1. The van der Waals surface area contributed by atoms with Crippen molar-refractivity contribution in [3.8, 4) is 0 Å². The molecule has 0 heterocycles. The first-order valence-electron chi connectivity index (χ1n) is 5.35. The van der Waals surface area contributed by atoms with Gasteiger partial charge in [0.1, 0.15) is 0 Å². The van der Waals surface area contributed by atoms with Crippen LogP contribution in [0, 0.1) is 0 Å². The molecule has 1 rings (SSSR count). The van der Waals surface area contributed by atoms with Crippen molar-refractivity contribution in [1.82, 2.24) is 5.43 Å². The van der Waals surface area contributed by atoms with E-state index in [0.717, 1.165) is 5.56 Å². The molecule has 6 heteroatoms. The molecule has 0 spiro atoms. The number of hydrogen-bond donors (Lipinski definition) is 1. The third kappa shape index (κ3) is 5.49. The SMILES string of the molecule is C[N+](C)(C)CC(=O)N/N=C\c1ccc(Cl)c(Cl)c1. The molecule has 0 unspecified atom stereocenters. The zero-order valence-corrected chi connectivity index (χ0v) is 12.1. The van der Waals surface area contributed by atoms with Crippen molar-refractivity contribution < 1.29 is 9.28 Å². The van der Waals surface area contributed by atoms with Gasteiger partial charge in [0.05, 0.1) is 37.4 Å². The van der Waals surface area contributed by atoms with E-state index in [1.165, 1.54) is 6.21 Å². The van der Waals surface area contributed by atoms with Crippen molar-refractivity contribution in [2.45, 2.75) is 0 Å². The Kier molecular flexibility index (Phi) is 5.14. The van der Waals surface area contributed by atoms with Crippen LogP contribution in [0.3, 0.4) is 0 Å². The topological polar surface area (TPSA) is 41.5 Å². The van der Waals surface area contributed by atoms with Gasteiger partial charge in [0.25, 0.3) is 5.91 Å².